The molecule has 2 heterocycles. The zero-order chi connectivity index (χ0) is 29.3. The van der Waals surface area contributed by atoms with Crippen molar-refractivity contribution in [1.29, 1.82) is 0 Å². The Morgan fingerprint density at radius 1 is 1.07 bits per heavy atom. The SMILES string of the molecule is C1CC2CC2C1.CCN(C(=O)c1cc2cc(C)ccc2n1CC(=O)[O-])c1nc(-c2cc(OC)c(C)cc2OC)cs1.[Na+]. The molecule has 6 rings (SSSR count). The number of aryl methyl sites for hydroxylation is 2. The van der Waals surface area contributed by atoms with Crippen molar-refractivity contribution in [3.63, 3.8) is 0 Å². The molecule has 2 fully saturated rings. The van der Waals surface area contributed by atoms with E-state index in [1.54, 1.807) is 44.4 Å². The van der Waals surface area contributed by atoms with E-state index in [2.05, 4.69) is 0 Å². The molecule has 216 valence electrons. The van der Waals surface area contributed by atoms with E-state index in [-0.39, 0.29) is 41.2 Å². The Labute approximate surface area is 272 Å². The Balaban J connectivity index is 0.000000506. The molecule has 2 aromatic heterocycles. The minimum atomic E-state index is -1.27. The molecule has 2 aliphatic rings. The summed E-state index contributed by atoms with van der Waals surface area (Å²) < 4.78 is 12.5. The van der Waals surface area contributed by atoms with Crippen molar-refractivity contribution in [3.8, 4) is 22.8 Å². The van der Waals surface area contributed by atoms with Gasteiger partial charge in [0.1, 0.15) is 17.2 Å². The Hall–Kier alpha value is -2.85. The molecule has 0 saturated heterocycles. The minimum absolute atomic E-state index is 0. The molecule has 0 bridgehead atoms. The number of aromatic nitrogens is 2. The van der Waals surface area contributed by atoms with Crippen molar-refractivity contribution in [2.75, 3.05) is 25.7 Å². The summed E-state index contributed by atoms with van der Waals surface area (Å²) in [7, 11) is 3.20. The van der Waals surface area contributed by atoms with Crippen molar-refractivity contribution in [3.05, 3.63) is 58.6 Å². The quantitative estimate of drug-likeness (QED) is 0.290. The zero-order valence-electron chi connectivity index (χ0n) is 25.2. The van der Waals surface area contributed by atoms with Gasteiger partial charge < -0.3 is 23.9 Å². The van der Waals surface area contributed by atoms with Crippen LogP contribution < -0.4 is 49.0 Å². The van der Waals surface area contributed by atoms with Crippen LogP contribution in [0.2, 0.25) is 0 Å². The van der Waals surface area contributed by atoms with Crippen LogP contribution in [0.5, 0.6) is 11.5 Å². The van der Waals surface area contributed by atoms with Crippen molar-refractivity contribution in [2.45, 2.75) is 53.0 Å². The number of methoxy groups -OCH3 is 2. The molecule has 8 nitrogen and oxygen atoms in total. The third kappa shape index (κ3) is 6.70. The number of rotatable bonds is 8. The molecule has 1 amide bonds. The smallest absolute Gasteiger partial charge is 0.548 e. The van der Waals surface area contributed by atoms with E-state index < -0.39 is 12.5 Å². The van der Waals surface area contributed by atoms with Gasteiger partial charge in [-0.25, -0.2) is 4.98 Å². The van der Waals surface area contributed by atoms with Crippen LogP contribution in [-0.4, -0.2) is 42.2 Å². The normalized spacial score (nSPS) is 16.6. The molecule has 0 aliphatic heterocycles. The van der Waals surface area contributed by atoms with E-state index in [1.807, 2.05) is 56.5 Å². The van der Waals surface area contributed by atoms with Crippen LogP contribution in [0.1, 0.15) is 54.2 Å². The summed E-state index contributed by atoms with van der Waals surface area (Å²) in [5, 5.41) is 14.6. The number of carbonyl (C=O) groups is 2. The Bertz CT molecular complexity index is 1590. The summed E-state index contributed by atoms with van der Waals surface area (Å²) in [6.07, 6.45) is 6.24. The molecule has 2 unspecified atom stereocenters. The molecule has 2 aliphatic carbocycles. The van der Waals surface area contributed by atoms with Crippen molar-refractivity contribution in [1.82, 2.24) is 9.55 Å². The summed E-state index contributed by atoms with van der Waals surface area (Å²) in [5.74, 6) is 2.18. The number of hydrogen-bond acceptors (Lipinski definition) is 7. The number of carbonyl (C=O) groups excluding carboxylic acids is 2. The molecular formula is C32H36N3NaO5S. The third-order valence-corrected chi connectivity index (χ3v) is 8.92. The fraction of sp³-hybridized carbons (Fsp3) is 0.406. The van der Waals surface area contributed by atoms with Crippen molar-refractivity contribution in [2.24, 2.45) is 11.8 Å². The van der Waals surface area contributed by atoms with Crippen LogP contribution in [0.15, 0.2) is 41.8 Å². The first kappa shape index (κ1) is 32.1. The predicted octanol–water partition coefficient (Wildman–Crippen LogP) is 2.63. The second-order valence-electron chi connectivity index (χ2n) is 10.8. The van der Waals surface area contributed by atoms with Gasteiger partial charge in [0.25, 0.3) is 5.91 Å². The number of hydrogen-bond donors (Lipinski definition) is 0. The number of anilines is 1. The number of aliphatic carboxylic acids is 1. The first-order chi connectivity index (χ1) is 19.7. The van der Waals surface area contributed by atoms with Gasteiger partial charge in [0.15, 0.2) is 5.13 Å². The van der Waals surface area contributed by atoms with Gasteiger partial charge in [-0.1, -0.05) is 30.9 Å². The first-order valence-corrected chi connectivity index (χ1v) is 14.9. The molecule has 2 atom stereocenters. The third-order valence-electron chi connectivity index (χ3n) is 8.06. The summed E-state index contributed by atoms with van der Waals surface area (Å²) in [6, 6.07) is 11.1. The summed E-state index contributed by atoms with van der Waals surface area (Å²) in [6.45, 7) is 5.66. The molecule has 0 N–H and O–H groups in total. The maximum absolute atomic E-state index is 13.7. The van der Waals surface area contributed by atoms with Crippen molar-refractivity contribution >= 4 is 39.2 Å². The van der Waals surface area contributed by atoms with Gasteiger partial charge in [-0.05, 0) is 74.9 Å². The molecule has 0 spiro atoms. The van der Waals surface area contributed by atoms with Crippen LogP contribution in [0, 0.1) is 25.7 Å². The van der Waals surface area contributed by atoms with Crippen LogP contribution >= 0.6 is 11.3 Å². The fourth-order valence-corrected chi connectivity index (χ4v) is 6.68. The second kappa shape index (κ2) is 13.6. The maximum Gasteiger partial charge on any atom is 1.00 e. The standard InChI is InChI=1S/C26H27N3O5S.C6H10.Na/c1-6-28(25(32)21-11-17-9-15(2)7-8-20(17)29(21)13-24(30)31)26-27-19(14-35-26)18-12-22(33-4)16(3)10-23(18)34-5;1-2-5-4-6(5)3-1;/h7-12,14H,6,13H2,1-5H3,(H,30,31);5-6H,1-4H2;/q;;+1/p-1. The Morgan fingerprint density at radius 3 is 2.36 bits per heavy atom. The van der Waals surface area contributed by atoms with Crippen LogP contribution in [0.3, 0.4) is 0 Å². The molecule has 2 saturated carbocycles. The van der Waals surface area contributed by atoms with Gasteiger partial charge in [0.2, 0.25) is 0 Å². The Kier molecular flexibility index (Phi) is 10.4. The number of amides is 1. The fourth-order valence-electron chi connectivity index (χ4n) is 5.79. The number of thiazole rings is 1. The molecule has 10 heteroatoms. The number of carboxylic acid groups (broad SMARTS) is 1. The van der Waals surface area contributed by atoms with Gasteiger partial charge in [0, 0.05) is 28.4 Å². The zero-order valence-corrected chi connectivity index (χ0v) is 28.0. The topological polar surface area (TPSA) is 96.7 Å². The first-order valence-electron chi connectivity index (χ1n) is 14.0. The van der Waals surface area contributed by atoms with Crippen molar-refractivity contribution < 1.29 is 53.7 Å². The predicted molar refractivity (Wildman–Crippen MR) is 160 cm³/mol. The molecule has 0 radical (unpaired) electrons. The second-order valence-corrected chi connectivity index (χ2v) is 11.7. The van der Waals surface area contributed by atoms with Gasteiger partial charge in [-0.2, -0.15) is 0 Å². The van der Waals surface area contributed by atoms with E-state index in [0.717, 1.165) is 22.1 Å². The number of carboxylic acids is 1. The van der Waals surface area contributed by atoms with E-state index in [1.165, 1.54) is 34.2 Å². The molecule has 2 aromatic carbocycles. The van der Waals surface area contributed by atoms with Gasteiger partial charge >= 0.3 is 29.6 Å². The summed E-state index contributed by atoms with van der Waals surface area (Å²) in [4.78, 5) is 31.4. The average molecular weight is 598 g/mol. The van der Waals surface area contributed by atoms with Crippen LogP contribution in [0.25, 0.3) is 22.2 Å². The minimum Gasteiger partial charge on any atom is -0.548 e. The average Bonchev–Trinajstić information content (AvgIpc) is 3.29. The van der Waals surface area contributed by atoms with Crippen LogP contribution in [-0.2, 0) is 11.3 Å². The summed E-state index contributed by atoms with van der Waals surface area (Å²) in [5.41, 5.74) is 4.28. The van der Waals surface area contributed by atoms with Gasteiger partial charge in [0.05, 0.1) is 32.4 Å². The number of fused-ring (bicyclic) bond motifs is 2. The van der Waals surface area contributed by atoms with E-state index in [9.17, 15) is 14.7 Å². The number of benzene rings is 2. The number of nitrogens with zero attached hydrogens (tertiary/aromatic N) is 3. The largest absolute Gasteiger partial charge is 1.00 e. The van der Waals surface area contributed by atoms with Gasteiger partial charge in [-0.3, -0.25) is 9.69 Å². The van der Waals surface area contributed by atoms with E-state index >= 15 is 0 Å². The molecule has 42 heavy (non-hydrogen) atoms. The van der Waals surface area contributed by atoms with Gasteiger partial charge in [-0.15, -0.1) is 11.3 Å². The molecule has 4 aromatic rings. The van der Waals surface area contributed by atoms with E-state index in [0.29, 0.717) is 34.4 Å². The summed E-state index contributed by atoms with van der Waals surface area (Å²) >= 11 is 1.33. The Morgan fingerprint density at radius 2 is 1.79 bits per heavy atom. The monoisotopic (exact) mass is 597 g/mol. The molecular weight excluding hydrogens is 561 g/mol. The van der Waals surface area contributed by atoms with Crippen LogP contribution in [0.4, 0.5) is 5.13 Å². The number of ether oxygens (including phenoxy) is 2. The maximum atomic E-state index is 13.7. The van der Waals surface area contributed by atoms with E-state index in [4.69, 9.17) is 14.5 Å².